The lowest BCUT2D eigenvalue weighted by molar-refractivity contribution is 0.0514. The zero-order valence-electron chi connectivity index (χ0n) is 11.3. The van der Waals surface area contributed by atoms with E-state index in [1.54, 1.807) is 12.1 Å². The molecule has 0 fully saturated rings. The Kier molecular flexibility index (Phi) is 3.50. The number of amides is 2. The highest BCUT2D eigenvalue weighted by Gasteiger charge is 2.40. The van der Waals surface area contributed by atoms with Crippen LogP contribution in [0.25, 0.3) is 0 Å². The van der Waals surface area contributed by atoms with E-state index in [1.807, 2.05) is 30.3 Å². The summed E-state index contributed by atoms with van der Waals surface area (Å²) in [6, 6.07) is 12.1. The molecule has 1 atom stereocenters. The van der Waals surface area contributed by atoms with E-state index >= 15 is 0 Å². The van der Waals surface area contributed by atoms with Gasteiger partial charge in [0.2, 0.25) is 0 Å². The van der Waals surface area contributed by atoms with Crippen LogP contribution >= 0.6 is 0 Å². The van der Waals surface area contributed by atoms with Crippen molar-refractivity contribution in [2.24, 2.45) is 0 Å². The van der Waals surface area contributed by atoms with Crippen molar-refractivity contribution in [3.05, 3.63) is 65.5 Å². The molecule has 0 bridgehead atoms. The summed E-state index contributed by atoms with van der Waals surface area (Å²) in [7, 11) is 0. The van der Waals surface area contributed by atoms with E-state index in [9.17, 15) is 14.7 Å². The van der Waals surface area contributed by atoms with Crippen molar-refractivity contribution in [1.29, 1.82) is 0 Å². The van der Waals surface area contributed by atoms with Crippen LogP contribution in [-0.4, -0.2) is 39.5 Å². The minimum absolute atomic E-state index is 0.161. The van der Waals surface area contributed by atoms with Crippen LogP contribution in [0.15, 0.2) is 48.7 Å². The summed E-state index contributed by atoms with van der Waals surface area (Å²) < 4.78 is 0. The minimum Gasteiger partial charge on any atom is -0.394 e. The van der Waals surface area contributed by atoms with E-state index in [2.05, 4.69) is 4.98 Å². The zero-order valence-corrected chi connectivity index (χ0v) is 11.3. The van der Waals surface area contributed by atoms with Crippen LogP contribution in [0.3, 0.4) is 0 Å². The molecule has 0 spiro atoms. The predicted octanol–water partition coefficient (Wildman–Crippen LogP) is 1.28. The number of fused-ring (bicyclic) bond motifs is 1. The van der Waals surface area contributed by atoms with Crippen molar-refractivity contribution in [3.8, 4) is 0 Å². The Labute approximate surface area is 121 Å². The molecular formula is C16H14N2O3. The first kappa shape index (κ1) is 13.5. The Bertz CT molecular complexity index is 650. The largest absolute Gasteiger partial charge is 0.394 e. The van der Waals surface area contributed by atoms with E-state index < -0.39 is 17.9 Å². The van der Waals surface area contributed by atoms with Crippen molar-refractivity contribution in [2.45, 2.75) is 12.5 Å². The van der Waals surface area contributed by atoms with Gasteiger partial charge in [-0.15, -0.1) is 0 Å². The van der Waals surface area contributed by atoms with Gasteiger partial charge in [0.15, 0.2) is 0 Å². The fraction of sp³-hybridized carbons (Fsp3) is 0.188. The van der Waals surface area contributed by atoms with Crippen LogP contribution in [-0.2, 0) is 6.42 Å². The first-order chi connectivity index (χ1) is 10.2. The van der Waals surface area contributed by atoms with Gasteiger partial charge in [-0.2, -0.15) is 0 Å². The number of aliphatic hydroxyl groups is 1. The average Bonchev–Trinajstić information content (AvgIpc) is 2.78. The summed E-state index contributed by atoms with van der Waals surface area (Å²) in [6.45, 7) is -0.277. The number of hydrogen-bond donors (Lipinski definition) is 1. The van der Waals surface area contributed by atoms with Gasteiger partial charge in [-0.25, -0.2) is 0 Å². The molecule has 1 N–H and O–H groups in total. The molecule has 106 valence electrons. The van der Waals surface area contributed by atoms with Crippen LogP contribution in [0.2, 0.25) is 0 Å². The standard InChI is InChI=1S/C16H14N2O3/c19-10-12(9-11-5-2-1-3-6-11)18-15(20)13-7-4-8-17-14(13)16(18)21/h1-8,12,19H,9-10H2/t12-/m0/s1. The van der Waals surface area contributed by atoms with Crippen LogP contribution in [0, 0.1) is 0 Å². The van der Waals surface area contributed by atoms with Crippen molar-refractivity contribution < 1.29 is 14.7 Å². The molecule has 0 radical (unpaired) electrons. The van der Waals surface area contributed by atoms with E-state index in [1.165, 1.54) is 6.20 Å². The Balaban J connectivity index is 1.89. The third kappa shape index (κ3) is 2.32. The summed E-state index contributed by atoms with van der Waals surface area (Å²) in [5.41, 5.74) is 1.42. The van der Waals surface area contributed by atoms with Gasteiger partial charge in [-0.1, -0.05) is 30.3 Å². The predicted molar refractivity (Wildman–Crippen MR) is 75.8 cm³/mol. The fourth-order valence-corrected chi connectivity index (χ4v) is 2.54. The van der Waals surface area contributed by atoms with Gasteiger partial charge in [0.05, 0.1) is 18.2 Å². The van der Waals surface area contributed by atoms with E-state index in [0.717, 1.165) is 10.5 Å². The highest BCUT2D eigenvalue weighted by Crippen LogP contribution is 2.24. The number of benzene rings is 1. The quantitative estimate of drug-likeness (QED) is 0.858. The third-order valence-electron chi connectivity index (χ3n) is 3.57. The molecule has 1 aliphatic heterocycles. The van der Waals surface area contributed by atoms with Crippen molar-refractivity contribution in [3.63, 3.8) is 0 Å². The second-order valence-corrected chi connectivity index (χ2v) is 4.91. The van der Waals surface area contributed by atoms with Crippen LogP contribution in [0.4, 0.5) is 0 Å². The first-order valence-electron chi connectivity index (χ1n) is 6.70. The van der Waals surface area contributed by atoms with Gasteiger partial charge in [0.25, 0.3) is 11.8 Å². The number of hydrogen-bond acceptors (Lipinski definition) is 4. The van der Waals surface area contributed by atoms with Gasteiger partial charge in [-0.05, 0) is 24.1 Å². The monoisotopic (exact) mass is 282 g/mol. The van der Waals surface area contributed by atoms with Gasteiger partial charge < -0.3 is 5.11 Å². The van der Waals surface area contributed by atoms with E-state index in [4.69, 9.17) is 0 Å². The molecular weight excluding hydrogens is 268 g/mol. The van der Waals surface area contributed by atoms with Crippen LogP contribution < -0.4 is 0 Å². The van der Waals surface area contributed by atoms with Gasteiger partial charge in [0, 0.05) is 6.20 Å². The SMILES string of the molecule is O=C1c2cccnc2C(=O)N1[C@H](CO)Cc1ccccc1. The van der Waals surface area contributed by atoms with Crippen molar-refractivity contribution >= 4 is 11.8 Å². The summed E-state index contributed by atoms with van der Waals surface area (Å²) in [4.78, 5) is 29.8. The van der Waals surface area contributed by atoms with Crippen molar-refractivity contribution in [2.75, 3.05) is 6.61 Å². The molecule has 5 nitrogen and oxygen atoms in total. The smallest absolute Gasteiger partial charge is 0.280 e. The molecule has 1 aliphatic rings. The van der Waals surface area contributed by atoms with E-state index in [-0.39, 0.29) is 12.3 Å². The molecule has 5 heteroatoms. The molecule has 1 aromatic heterocycles. The number of rotatable bonds is 4. The number of imide groups is 1. The molecule has 2 heterocycles. The number of aromatic nitrogens is 1. The maximum absolute atomic E-state index is 12.4. The lowest BCUT2D eigenvalue weighted by atomic mass is 10.1. The van der Waals surface area contributed by atoms with Gasteiger partial charge in [-0.3, -0.25) is 19.5 Å². The molecule has 1 aromatic carbocycles. The maximum Gasteiger partial charge on any atom is 0.280 e. The summed E-state index contributed by atoms with van der Waals surface area (Å²) in [6.07, 6.45) is 1.90. The maximum atomic E-state index is 12.4. The zero-order chi connectivity index (χ0) is 14.8. The topological polar surface area (TPSA) is 70.5 Å². The fourth-order valence-electron chi connectivity index (χ4n) is 2.54. The molecule has 21 heavy (non-hydrogen) atoms. The molecule has 0 saturated heterocycles. The number of pyridine rings is 1. The number of carbonyl (C=O) groups is 2. The summed E-state index contributed by atoms with van der Waals surface area (Å²) in [5.74, 6) is -0.830. The molecule has 0 saturated carbocycles. The Hall–Kier alpha value is -2.53. The number of nitrogens with zero attached hydrogens (tertiary/aromatic N) is 2. The lowest BCUT2D eigenvalue weighted by Gasteiger charge is -2.24. The highest BCUT2D eigenvalue weighted by molar-refractivity contribution is 6.20. The Morgan fingerprint density at radius 1 is 1.05 bits per heavy atom. The molecule has 3 rings (SSSR count). The lowest BCUT2D eigenvalue weighted by Crippen LogP contribution is -2.43. The van der Waals surface area contributed by atoms with Crippen LogP contribution in [0.1, 0.15) is 26.4 Å². The molecule has 0 aliphatic carbocycles. The Morgan fingerprint density at radius 3 is 2.48 bits per heavy atom. The van der Waals surface area contributed by atoms with E-state index in [0.29, 0.717) is 12.0 Å². The molecule has 2 aromatic rings. The molecule has 0 unspecified atom stereocenters. The normalized spacial score (nSPS) is 15.2. The summed E-state index contributed by atoms with van der Waals surface area (Å²) in [5, 5.41) is 9.60. The van der Waals surface area contributed by atoms with Crippen molar-refractivity contribution in [1.82, 2.24) is 9.88 Å². The second kappa shape index (κ2) is 5.46. The Morgan fingerprint density at radius 2 is 1.81 bits per heavy atom. The van der Waals surface area contributed by atoms with Gasteiger partial charge in [0.1, 0.15) is 5.69 Å². The number of aliphatic hydroxyl groups excluding tert-OH is 1. The molecule has 2 amide bonds. The highest BCUT2D eigenvalue weighted by atomic mass is 16.3. The van der Waals surface area contributed by atoms with Crippen LogP contribution in [0.5, 0.6) is 0 Å². The number of carbonyl (C=O) groups excluding carboxylic acids is 2. The van der Waals surface area contributed by atoms with Gasteiger partial charge >= 0.3 is 0 Å². The second-order valence-electron chi connectivity index (χ2n) is 4.91. The third-order valence-corrected chi connectivity index (χ3v) is 3.57. The summed E-state index contributed by atoms with van der Waals surface area (Å²) >= 11 is 0. The minimum atomic E-state index is -0.582. The first-order valence-corrected chi connectivity index (χ1v) is 6.70. The average molecular weight is 282 g/mol.